The van der Waals surface area contributed by atoms with Crippen LogP contribution in [0.1, 0.15) is 45.6 Å². The van der Waals surface area contributed by atoms with Gasteiger partial charge in [0.05, 0.1) is 24.1 Å². The Morgan fingerprint density at radius 1 is 1.08 bits per heavy atom. The number of halogens is 1. The van der Waals surface area contributed by atoms with Crippen molar-refractivity contribution < 1.29 is 22.7 Å². The van der Waals surface area contributed by atoms with Crippen molar-refractivity contribution in [2.75, 3.05) is 30.8 Å². The van der Waals surface area contributed by atoms with Crippen LogP contribution in [0.25, 0.3) is 0 Å². The highest BCUT2D eigenvalue weighted by atomic mass is 35.5. The number of anilines is 1. The summed E-state index contributed by atoms with van der Waals surface area (Å²) in [7, 11) is -2.14. The molecule has 0 aliphatic heterocycles. The van der Waals surface area contributed by atoms with Gasteiger partial charge >= 0.3 is 0 Å². The van der Waals surface area contributed by atoms with Crippen molar-refractivity contribution in [2.45, 2.75) is 58.5 Å². The summed E-state index contributed by atoms with van der Waals surface area (Å²) in [5.41, 5.74) is 1.46. The topological polar surface area (TPSA) is 96.0 Å². The summed E-state index contributed by atoms with van der Waals surface area (Å²) in [5, 5.41) is 3.21. The number of carbonyl (C=O) groups excluding carboxylic acids is 2. The van der Waals surface area contributed by atoms with Crippen LogP contribution in [0.15, 0.2) is 48.5 Å². The number of hydrogen-bond acceptors (Lipinski definition) is 5. The van der Waals surface area contributed by atoms with Crippen molar-refractivity contribution in [3.8, 4) is 5.75 Å². The second-order valence-corrected chi connectivity index (χ2v) is 11.5. The zero-order valence-corrected chi connectivity index (χ0v) is 23.8. The monoisotopic (exact) mass is 551 g/mol. The van der Waals surface area contributed by atoms with E-state index in [1.807, 2.05) is 51.1 Å². The lowest BCUT2D eigenvalue weighted by molar-refractivity contribution is -0.141. The molecule has 0 heterocycles. The molecular formula is C27H38ClN3O5S. The summed E-state index contributed by atoms with van der Waals surface area (Å²) in [6, 6.07) is 13.9. The largest absolute Gasteiger partial charge is 0.495 e. The lowest BCUT2D eigenvalue weighted by atomic mass is 10.1. The number of hydrogen-bond donors (Lipinski definition) is 1. The van der Waals surface area contributed by atoms with Gasteiger partial charge in [-0.25, -0.2) is 8.42 Å². The number of sulfonamides is 1. The standard InChI is InChI=1S/C27H38ClN3O5S/c1-6-24(27(33)29-20(2)3)30(18-16-21-11-8-7-9-12-21)26(32)13-10-17-31(37(5,34)35)22-14-15-25(36-4)23(28)19-22/h7-9,11-12,14-15,19-20,24H,6,10,13,16-18H2,1-5H3,(H,29,33)/t24-/m1/s1. The Labute approximate surface area is 226 Å². The number of carbonyl (C=O) groups is 2. The molecular weight excluding hydrogens is 514 g/mol. The number of benzene rings is 2. The van der Waals surface area contributed by atoms with Gasteiger partial charge in [-0.15, -0.1) is 0 Å². The summed E-state index contributed by atoms with van der Waals surface area (Å²) >= 11 is 6.21. The summed E-state index contributed by atoms with van der Waals surface area (Å²) in [5.74, 6) is 0.0563. The van der Waals surface area contributed by atoms with E-state index in [9.17, 15) is 18.0 Å². The fourth-order valence-electron chi connectivity index (χ4n) is 4.09. The second-order valence-electron chi connectivity index (χ2n) is 9.17. The van der Waals surface area contributed by atoms with Gasteiger partial charge in [-0.2, -0.15) is 0 Å². The van der Waals surface area contributed by atoms with Crippen LogP contribution in [-0.2, 0) is 26.0 Å². The van der Waals surface area contributed by atoms with Crippen LogP contribution < -0.4 is 14.4 Å². The molecule has 2 aromatic carbocycles. The maximum atomic E-state index is 13.4. The Balaban J connectivity index is 2.18. The van der Waals surface area contributed by atoms with Gasteiger partial charge in [-0.3, -0.25) is 13.9 Å². The number of methoxy groups -OCH3 is 1. The third-order valence-electron chi connectivity index (χ3n) is 5.88. The molecule has 2 rings (SSSR count). The minimum atomic E-state index is -3.62. The third kappa shape index (κ3) is 9.23. The molecule has 2 amide bonds. The number of rotatable bonds is 14. The molecule has 0 aliphatic rings. The maximum Gasteiger partial charge on any atom is 0.242 e. The van der Waals surface area contributed by atoms with Crippen LogP contribution in [0.3, 0.4) is 0 Å². The molecule has 1 N–H and O–H groups in total. The Hall–Kier alpha value is -2.78. The molecule has 0 unspecified atom stereocenters. The fraction of sp³-hybridized carbons (Fsp3) is 0.481. The summed E-state index contributed by atoms with van der Waals surface area (Å²) < 4.78 is 31.4. The van der Waals surface area contributed by atoms with Crippen LogP contribution in [-0.4, -0.2) is 63.7 Å². The average Bonchev–Trinajstić information content (AvgIpc) is 2.83. The van der Waals surface area contributed by atoms with Gasteiger partial charge in [0, 0.05) is 25.6 Å². The molecule has 0 aliphatic carbocycles. The number of nitrogens with zero attached hydrogens (tertiary/aromatic N) is 2. The average molecular weight is 552 g/mol. The van der Waals surface area contributed by atoms with Gasteiger partial charge in [-0.1, -0.05) is 48.9 Å². The first-order valence-electron chi connectivity index (χ1n) is 12.4. The van der Waals surface area contributed by atoms with E-state index in [0.29, 0.717) is 35.8 Å². The number of amides is 2. The Bertz CT molecular complexity index is 1140. The first kappa shape index (κ1) is 30.4. The highest BCUT2D eigenvalue weighted by Crippen LogP contribution is 2.30. The lowest BCUT2D eigenvalue weighted by Crippen LogP contribution is -2.51. The van der Waals surface area contributed by atoms with E-state index in [1.54, 1.807) is 17.0 Å². The summed E-state index contributed by atoms with van der Waals surface area (Å²) in [6.45, 7) is 6.12. The molecule has 2 aromatic rings. The zero-order valence-electron chi connectivity index (χ0n) is 22.2. The van der Waals surface area contributed by atoms with Gasteiger partial charge in [0.25, 0.3) is 0 Å². The number of ether oxygens (including phenoxy) is 1. The lowest BCUT2D eigenvalue weighted by Gasteiger charge is -2.31. The molecule has 8 nitrogen and oxygen atoms in total. The minimum absolute atomic E-state index is 0.0488. The van der Waals surface area contributed by atoms with E-state index in [2.05, 4.69) is 5.32 Å². The Morgan fingerprint density at radius 2 is 1.76 bits per heavy atom. The van der Waals surface area contributed by atoms with E-state index >= 15 is 0 Å². The van der Waals surface area contributed by atoms with E-state index in [1.165, 1.54) is 17.5 Å². The zero-order chi connectivity index (χ0) is 27.6. The van der Waals surface area contributed by atoms with Gasteiger partial charge < -0.3 is 15.0 Å². The van der Waals surface area contributed by atoms with Crippen molar-refractivity contribution in [3.63, 3.8) is 0 Å². The molecule has 37 heavy (non-hydrogen) atoms. The normalized spacial score (nSPS) is 12.2. The molecule has 10 heteroatoms. The van der Waals surface area contributed by atoms with Crippen LogP contribution in [0, 0.1) is 0 Å². The minimum Gasteiger partial charge on any atom is -0.495 e. The molecule has 0 fully saturated rings. The van der Waals surface area contributed by atoms with Crippen LogP contribution >= 0.6 is 11.6 Å². The second kappa shape index (κ2) is 14.2. The highest BCUT2D eigenvalue weighted by Gasteiger charge is 2.29. The van der Waals surface area contributed by atoms with Gasteiger partial charge in [0.15, 0.2) is 0 Å². The molecule has 0 saturated heterocycles. The Morgan fingerprint density at radius 3 is 2.30 bits per heavy atom. The van der Waals surface area contributed by atoms with E-state index in [0.717, 1.165) is 11.8 Å². The van der Waals surface area contributed by atoms with Crippen molar-refractivity contribution in [1.82, 2.24) is 10.2 Å². The molecule has 204 valence electrons. The van der Waals surface area contributed by atoms with Crippen molar-refractivity contribution in [3.05, 3.63) is 59.1 Å². The molecule has 1 atom stereocenters. The summed E-state index contributed by atoms with van der Waals surface area (Å²) in [6.07, 6.45) is 2.56. The van der Waals surface area contributed by atoms with Gasteiger partial charge in [0.1, 0.15) is 11.8 Å². The first-order valence-corrected chi connectivity index (χ1v) is 14.7. The summed E-state index contributed by atoms with van der Waals surface area (Å²) in [4.78, 5) is 27.9. The van der Waals surface area contributed by atoms with Gasteiger partial charge in [0.2, 0.25) is 21.8 Å². The Kier molecular flexibility index (Phi) is 11.7. The van der Waals surface area contributed by atoms with E-state index < -0.39 is 16.1 Å². The quantitative estimate of drug-likeness (QED) is 0.378. The fourth-order valence-corrected chi connectivity index (χ4v) is 5.30. The maximum absolute atomic E-state index is 13.4. The van der Waals surface area contributed by atoms with Crippen LogP contribution in [0.2, 0.25) is 5.02 Å². The van der Waals surface area contributed by atoms with Crippen LogP contribution in [0.5, 0.6) is 5.75 Å². The highest BCUT2D eigenvalue weighted by molar-refractivity contribution is 7.92. The molecule has 0 aromatic heterocycles. The predicted molar refractivity (Wildman–Crippen MR) is 149 cm³/mol. The molecule has 0 saturated carbocycles. The third-order valence-corrected chi connectivity index (χ3v) is 7.37. The molecule has 0 spiro atoms. The first-order chi connectivity index (χ1) is 17.5. The van der Waals surface area contributed by atoms with E-state index in [-0.39, 0.29) is 37.2 Å². The van der Waals surface area contributed by atoms with E-state index in [4.69, 9.17) is 16.3 Å². The molecule has 0 radical (unpaired) electrons. The number of nitrogens with one attached hydrogen (secondary N) is 1. The predicted octanol–water partition coefficient (Wildman–Crippen LogP) is 4.27. The van der Waals surface area contributed by atoms with Gasteiger partial charge in [-0.05, 0) is 56.9 Å². The van der Waals surface area contributed by atoms with Crippen LogP contribution in [0.4, 0.5) is 5.69 Å². The van der Waals surface area contributed by atoms with Crippen molar-refractivity contribution >= 4 is 39.1 Å². The smallest absolute Gasteiger partial charge is 0.242 e. The van der Waals surface area contributed by atoms with Crippen molar-refractivity contribution in [1.29, 1.82) is 0 Å². The SMILES string of the molecule is CC[C@H](C(=O)NC(C)C)N(CCc1ccccc1)C(=O)CCCN(c1ccc(OC)c(Cl)c1)S(C)(=O)=O. The molecule has 0 bridgehead atoms. The van der Waals surface area contributed by atoms with Crippen molar-refractivity contribution in [2.24, 2.45) is 0 Å².